The van der Waals surface area contributed by atoms with Gasteiger partial charge < -0.3 is 9.64 Å². The third-order valence-corrected chi connectivity index (χ3v) is 5.74. The van der Waals surface area contributed by atoms with Crippen molar-refractivity contribution in [1.82, 2.24) is 9.88 Å². The number of ether oxygens (including phenoxy) is 1. The van der Waals surface area contributed by atoms with Crippen LogP contribution in [-0.4, -0.2) is 42.4 Å². The minimum Gasteiger partial charge on any atom is -0.378 e. The van der Waals surface area contributed by atoms with Gasteiger partial charge in [-0.1, -0.05) is 48.5 Å². The van der Waals surface area contributed by atoms with Gasteiger partial charge in [0.2, 0.25) is 0 Å². The molecule has 2 aromatic carbocycles. The fourth-order valence-electron chi connectivity index (χ4n) is 4.23. The maximum atomic E-state index is 5.58. The first kappa shape index (κ1) is 19.5. The molecule has 0 saturated carbocycles. The Morgan fingerprint density at radius 2 is 1.71 bits per heavy atom. The zero-order valence-corrected chi connectivity index (χ0v) is 17.5. The van der Waals surface area contributed by atoms with E-state index in [0.717, 1.165) is 55.9 Å². The first-order chi connectivity index (χ1) is 15.4. The predicted molar refractivity (Wildman–Crippen MR) is 127 cm³/mol. The number of anilines is 1. The van der Waals surface area contributed by atoms with E-state index in [1.807, 2.05) is 30.5 Å². The van der Waals surface area contributed by atoms with Gasteiger partial charge in [0.15, 0.2) is 0 Å². The molecule has 0 bridgehead atoms. The number of hydrazone groups is 1. The maximum Gasteiger partial charge on any atom is 0.146 e. The Balaban J connectivity index is 1.41. The van der Waals surface area contributed by atoms with E-state index in [4.69, 9.17) is 4.74 Å². The molecule has 1 saturated heterocycles. The molecule has 3 aromatic rings. The number of para-hydroxylation sites is 1. The number of hydrogen-bond donors (Lipinski definition) is 1. The Morgan fingerprint density at radius 3 is 2.58 bits per heavy atom. The lowest BCUT2D eigenvalue weighted by molar-refractivity contribution is 0.0548. The molecule has 0 unspecified atom stereocenters. The van der Waals surface area contributed by atoms with Crippen LogP contribution in [0.4, 0.5) is 5.82 Å². The fraction of sp³-hybridized carbons (Fsp3) is 0.231. The molecule has 0 radical (unpaired) electrons. The molecule has 156 valence electrons. The summed E-state index contributed by atoms with van der Waals surface area (Å²) >= 11 is 0. The minimum absolute atomic E-state index is 0.751. The Bertz CT molecular complexity index is 1140. The van der Waals surface area contributed by atoms with Gasteiger partial charge in [0.25, 0.3) is 0 Å². The fourth-order valence-corrected chi connectivity index (χ4v) is 4.23. The SMILES string of the molecule is C(=NNc1ccc2ccccc2n1)C1=C(N2CCOCC2)/C(=C\c2ccccc2)CC1. The minimum atomic E-state index is 0.751. The van der Waals surface area contributed by atoms with Crippen LogP contribution in [0.1, 0.15) is 18.4 Å². The van der Waals surface area contributed by atoms with Crippen LogP contribution in [0.3, 0.4) is 0 Å². The molecule has 0 amide bonds. The van der Waals surface area contributed by atoms with Crippen molar-refractivity contribution in [3.05, 3.63) is 89.1 Å². The first-order valence-corrected chi connectivity index (χ1v) is 10.8. The first-order valence-electron chi connectivity index (χ1n) is 10.8. The van der Waals surface area contributed by atoms with Crippen molar-refractivity contribution in [3.63, 3.8) is 0 Å². The second-order valence-corrected chi connectivity index (χ2v) is 7.81. The molecule has 2 heterocycles. The number of benzene rings is 2. The number of aromatic nitrogens is 1. The molecule has 1 aliphatic heterocycles. The summed E-state index contributed by atoms with van der Waals surface area (Å²) in [6.07, 6.45) is 6.29. The molecule has 31 heavy (non-hydrogen) atoms. The maximum absolute atomic E-state index is 5.58. The number of morpholine rings is 1. The van der Waals surface area contributed by atoms with Gasteiger partial charge in [-0.3, -0.25) is 5.43 Å². The van der Waals surface area contributed by atoms with Crippen molar-refractivity contribution in [2.75, 3.05) is 31.7 Å². The van der Waals surface area contributed by atoms with Gasteiger partial charge in [0.1, 0.15) is 5.82 Å². The molecular weight excluding hydrogens is 384 g/mol. The lowest BCUT2D eigenvalue weighted by Gasteiger charge is -2.31. The molecule has 2 aliphatic rings. The van der Waals surface area contributed by atoms with Gasteiger partial charge in [0, 0.05) is 24.2 Å². The summed E-state index contributed by atoms with van der Waals surface area (Å²) in [5, 5.41) is 5.66. The van der Waals surface area contributed by atoms with Crippen molar-refractivity contribution in [1.29, 1.82) is 0 Å². The van der Waals surface area contributed by atoms with Gasteiger partial charge >= 0.3 is 0 Å². The number of allylic oxidation sites excluding steroid dienone is 2. The highest BCUT2D eigenvalue weighted by molar-refractivity contribution is 5.84. The normalized spacial score (nSPS) is 18.5. The van der Waals surface area contributed by atoms with E-state index in [9.17, 15) is 0 Å². The van der Waals surface area contributed by atoms with Crippen LogP contribution in [-0.2, 0) is 4.74 Å². The van der Waals surface area contributed by atoms with Crippen molar-refractivity contribution in [3.8, 4) is 0 Å². The van der Waals surface area contributed by atoms with Crippen LogP contribution in [0.15, 0.2) is 88.7 Å². The number of rotatable bonds is 5. The van der Waals surface area contributed by atoms with Gasteiger partial charge in [0.05, 0.1) is 24.9 Å². The standard InChI is InChI=1S/C26H26N4O/c1-2-6-20(7-3-1)18-22-10-11-23(26(22)30-14-16-31-17-15-30)19-27-29-25-13-12-21-8-4-5-9-24(21)28-25/h1-9,12-13,18-19H,10-11,14-17H2,(H,28,29)/b22-18-,27-19?. The third kappa shape index (κ3) is 4.52. The van der Waals surface area contributed by atoms with E-state index < -0.39 is 0 Å². The van der Waals surface area contributed by atoms with Gasteiger partial charge in [-0.05, 0) is 53.8 Å². The van der Waals surface area contributed by atoms with Crippen molar-refractivity contribution in [2.24, 2.45) is 5.10 Å². The largest absolute Gasteiger partial charge is 0.378 e. The quantitative estimate of drug-likeness (QED) is 0.470. The van der Waals surface area contributed by atoms with Gasteiger partial charge in [-0.2, -0.15) is 5.10 Å². The van der Waals surface area contributed by atoms with E-state index in [0.29, 0.717) is 0 Å². The van der Waals surface area contributed by atoms with Crippen LogP contribution < -0.4 is 5.43 Å². The summed E-state index contributed by atoms with van der Waals surface area (Å²) in [7, 11) is 0. The molecule has 0 spiro atoms. The number of nitrogens with one attached hydrogen (secondary N) is 1. The highest BCUT2D eigenvalue weighted by Gasteiger charge is 2.25. The number of pyridine rings is 1. The summed E-state index contributed by atoms with van der Waals surface area (Å²) in [6, 6.07) is 22.7. The number of nitrogens with zero attached hydrogens (tertiary/aromatic N) is 3. The van der Waals surface area contributed by atoms with E-state index in [1.54, 1.807) is 0 Å². The summed E-state index contributed by atoms with van der Waals surface area (Å²) in [5.74, 6) is 0.751. The highest BCUT2D eigenvalue weighted by atomic mass is 16.5. The summed E-state index contributed by atoms with van der Waals surface area (Å²) < 4.78 is 5.58. The Hall–Kier alpha value is -3.44. The molecule has 1 aromatic heterocycles. The smallest absolute Gasteiger partial charge is 0.146 e. The molecular formula is C26H26N4O. The average Bonchev–Trinajstić information content (AvgIpc) is 3.22. The zero-order chi connectivity index (χ0) is 20.9. The topological polar surface area (TPSA) is 49.8 Å². The van der Waals surface area contributed by atoms with E-state index in [-0.39, 0.29) is 0 Å². The second kappa shape index (κ2) is 9.14. The Kier molecular flexibility index (Phi) is 5.76. The van der Waals surface area contributed by atoms with Crippen LogP contribution in [0.2, 0.25) is 0 Å². The molecule has 1 fully saturated rings. The lowest BCUT2D eigenvalue weighted by Crippen LogP contribution is -2.36. The van der Waals surface area contributed by atoms with Crippen LogP contribution >= 0.6 is 0 Å². The lowest BCUT2D eigenvalue weighted by atomic mass is 10.1. The molecule has 5 nitrogen and oxygen atoms in total. The zero-order valence-electron chi connectivity index (χ0n) is 17.5. The predicted octanol–water partition coefficient (Wildman–Crippen LogP) is 5.10. The van der Waals surface area contributed by atoms with Crippen molar-refractivity contribution >= 4 is 29.0 Å². The van der Waals surface area contributed by atoms with E-state index in [1.165, 1.54) is 22.4 Å². The monoisotopic (exact) mass is 410 g/mol. The van der Waals surface area contributed by atoms with E-state index in [2.05, 4.69) is 69.0 Å². The molecule has 1 aliphatic carbocycles. The summed E-state index contributed by atoms with van der Waals surface area (Å²) in [6.45, 7) is 3.37. The highest BCUT2D eigenvalue weighted by Crippen LogP contribution is 2.35. The number of fused-ring (bicyclic) bond motifs is 1. The summed E-state index contributed by atoms with van der Waals surface area (Å²) in [5.41, 5.74) is 9.26. The molecule has 5 heteroatoms. The van der Waals surface area contributed by atoms with E-state index >= 15 is 0 Å². The Labute approximate surface area is 182 Å². The van der Waals surface area contributed by atoms with Gasteiger partial charge in [-0.25, -0.2) is 4.98 Å². The molecule has 1 N–H and O–H groups in total. The van der Waals surface area contributed by atoms with Crippen LogP contribution in [0.5, 0.6) is 0 Å². The molecule has 5 rings (SSSR count). The van der Waals surface area contributed by atoms with Crippen LogP contribution in [0, 0.1) is 0 Å². The van der Waals surface area contributed by atoms with Crippen LogP contribution in [0.25, 0.3) is 17.0 Å². The Morgan fingerprint density at radius 1 is 0.903 bits per heavy atom. The second-order valence-electron chi connectivity index (χ2n) is 7.81. The molecule has 0 atom stereocenters. The summed E-state index contributed by atoms with van der Waals surface area (Å²) in [4.78, 5) is 7.09. The third-order valence-electron chi connectivity index (χ3n) is 5.74. The van der Waals surface area contributed by atoms with Crippen molar-refractivity contribution in [2.45, 2.75) is 12.8 Å². The van der Waals surface area contributed by atoms with Crippen molar-refractivity contribution < 1.29 is 4.74 Å². The number of hydrogen-bond acceptors (Lipinski definition) is 5. The van der Waals surface area contributed by atoms with Gasteiger partial charge in [-0.15, -0.1) is 0 Å². The average molecular weight is 411 g/mol.